The second kappa shape index (κ2) is 5.20. The summed E-state index contributed by atoms with van der Waals surface area (Å²) in [4.78, 5) is 16.7. The number of alkyl halides is 3. The Morgan fingerprint density at radius 1 is 1.29 bits per heavy atom. The van der Waals surface area contributed by atoms with E-state index in [1.165, 1.54) is 17.2 Å². The summed E-state index contributed by atoms with van der Waals surface area (Å²) in [5.74, 6) is 0.00676. The van der Waals surface area contributed by atoms with Crippen LogP contribution in [0.15, 0.2) is 18.3 Å². The summed E-state index contributed by atoms with van der Waals surface area (Å²) in [5.41, 5.74) is -0.768. The maximum Gasteiger partial charge on any atom is 0.433 e. The normalized spacial score (nSPS) is 16.6. The molecule has 1 amide bonds. The molecule has 0 atom stereocenters. The molecule has 21 heavy (non-hydrogen) atoms. The number of likely N-dealkylation sites (tertiary alicyclic amines) is 1. The van der Waals surface area contributed by atoms with Gasteiger partial charge in [0.05, 0.1) is 0 Å². The topological polar surface area (TPSA) is 42.4 Å². The maximum atomic E-state index is 12.4. The summed E-state index contributed by atoms with van der Waals surface area (Å²) in [6, 6.07) is 2.37. The summed E-state index contributed by atoms with van der Waals surface area (Å²) in [7, 11) is 0. The van der Waals surface area contributed by atoms with Crippen LogP contribution in [0.5, 0.6) is 0 Å². The molecule has 0 aliphatic carbocycles. The summed E-state index contributed by atoms with van der Waals surface area (Å²) in [6.07, 6.45) is -3.61. The molecule has 0 radical (unpaired) electrons. The van der Waals surface area contributed by atoms with Gasteiger partial charge in [-0.15, -0.1) is 0 Å². The lowest BCUT2D eigenvalue weighted by Gasteiger charge is -2.39. The Morgan fingerprint density at radius 3 is 2.33 bits per heavy atom. The van der Waals surface area contributed by atoms with Crippen molar-refractivity contribution in [3.05, 3.63) is 29.6 Å². The van der Waals surface area contributed by atoms with Gasteiger partial charge >= 0.3 is 12.3 Å². The highest BCUT2D eigenvalue weighted by molar-refractivity contribution is 5.69. The number of hydrogen-bond donors (Lipinski definition) is 0. The number of carbonyl (C=O) groups excluding carboxylic acids is 1. The minimum Gasteiger partial charge on any atom is -0.444 e. The molecule has 0 N–H and O–H groups in total. The first-order valence-corrected chi connectivity index (χ1v) is 6.57. The average Bonchev–Trinajstić information content (AvgIpc) is 2.23. The van der Waals surface area contributed by atoms with E-state index in [9.17, 15) is 18.0 Å². The highest BCUT2D eigenvalue weighted by Gasteiger charge is 2.36. The van der Waals surface area contributed by atoms with Gasteiger partial charge in [-0.05, 0) is 32.4 Å². The minimum atomic E-state index is -4.43. The van der Waals surface area contributed by atoms with E-state index in [2.05, 4.69) is 4.98 Å². The first-order valence-electron chi connectivity index (χ1n) is 6.57. The van der Waals surface area contributed by atoms with Crippen LogP contribution in [-0.2, 0) is 10.9 Å². The number of rotatable bonds is 1. The van der Waals surface area contributed by atoms with Crippen molar-refractivity contribution in [3.8, 4) is 0 Å². The van der Waals surface area contributed by atoms with E-state index in [0.717, 1.165) is 6.07 Å². The van der Waals surface area contributed by atoms with E-state index < -0.39 is 23.6 Å². The fourth-order valence-corrected chi connectivity index (χ4v) is 1.98. The smallest absolute Gasteiger partial charge is 0.433 e. The third-order valence-electron chi connectivity index (χ3n) is 3.08. The summed E-state index contributed by atoms with van der Waals surface area (Å²) >= 11 is 0. The molecule has 1 saturated heterocycles. The van der Waals surface area contributed by atoms with Crippen LogP contribution in [0.4, 0.5) is 18.0 Å². The summed E-state index contributed by atoms with van der Waals surface area (Å²) < 4.78 is 42.4. The Bertz CT molecular complexity index is 515. The highest BCUT2D eigenvalue weighted by Crippen LogP contribution is 2.31. The molecule has 2 rings (SSSR count). The average molecular weight is 302 g/mol. The van der Waals surface area contributed by atoms with Gasteiger partial charge in [0.1, 0.15) is 11.3 Å². The largest absolute Gasteiger partial charge is 0.444 e. The Kier molecular flexibility index (Phi) is 3.86. The lowest BCUT2D eigenvalue weighted by atomic mass is 9.93. The van der Waals surface area contributed by atoms with Gasteiger partial charge in [0.2, 0.25) is 0 Å². The predicted octanol–water partition coefficient (Wildman–Crippen LogP) is 3.43. The van der Waals surface area contributed by atoms with E-state index in [1.54, 1.807) is 20.8 Å². The van der Waals surface area contributed by atoms with Gasteiger partial charge in [-0.2, -0.15) is 13.2 Å². The molecule has 1 aliphatic rings. The monoisotopic (exact) mass is 302 g/mol. The van der Waals surface area contributed by atoms with Crippen LogP contribution in [0.2, 0.25) is 0 Å². The molecule has 7 heteroatoms. The van der Waals surface area contributed by atoms with Crippen LogP contribution in [-0.4, -0.2) is 34.7 Å². The Labute approximate surface area is 120 Å². The van der Waals surface area contributed by atoms with Crippen molar-refractivity contribution >= 4 is 6.09 Å². The fraction of sp³-hybridized carbons (Fsp3) is 0.571. The van der Waals surface area contributed by atoms with Crippen molar-refractivity contribution in [3.63, 3.8) is 0 Å². The molecule has 116 valence electrons. The van der Waals surface area contributed by atoms with Crippen LogP contribution in [0.3, 0.4) is 0 Å². The van der Waals surface area contributed by atoms with Crippen LogP contribution >= 0.6 is 0 Å². The number of halogens is 3. The van der Waals surface area contributed by atoms with Crippen molar-refractivity contribution < 1.29 is 22.7 Å². The molecule has 2 heterocycles. The third-order valence-corrected chi connectivity index (χ3v) is 3.08. The zero-order valence-corrected chi connectivity index (χ0v) is 12.1. The first-order chi connectivity index (χ1) is 9.56. The molecule has 0 saturated carbocycles. The number of pyridine rings is 1. The number of nitrogens with zero attached hydrogens (tertiary/aromatic N) is 2. The molecule has 1 aromatic rings. The molecule has 0 unspecified atom stereocenters. The molecule has 0 spiro atoms. The van der Waals surface area contributed by atoms with Crippen molar-refractivity contribution in [2.24, 2.45) is 0 Å². The maximum absolute atomic E-state index is 12.4. The van der Waals surface area contributed by atoms with Crippen LogP contribution in [0, 0.1) is 0 Å². The van der Waals surface area contributed by atoms with Crippen molar-refractivity contribution in [2.75, 3.05) is 13.1 Å². The van der Waals surface area contributed by atoms with Gasteiger partial charge in [0.25, 0.3) is 0 Å². The van der Waals surface area contributed by atoms with E-state index in [1.807, 2.05) is 0 Å². The lowest BCUT2D eigenvalue weighted by Crippen LogP contribution is -2.50. The molecular formula is C14H17F3N2O2. The SMILES string of the molecule is CC(C)(C)OC(=O)N1CC(c2ccc(C(F)(F)F)nc2)C1. The van der Waals surface area contributed by atoms with Gasteiger partial charge in [-0.25, -0.2) is 4.79 Å². The molecule has 1 aliphatic heterocycles. The standard InChI is InChI=1S/C14H17F3N2O2/c1-13(2,3)21-12(20)19-7-10(8-19)9-4-5-11(18-6-9)14(15,16)17/h4-6,10H,7-8H2,1-3H3. The summed E-state index contributed by atoms with van der Waals surface area (Å²) in [6.45, 7) is 6.20. The zero-order chi connectivity index (χ0) is 15.8. The van der Waals surface area contributed by atoms with Gasteiger partial charge < -0.3 is 9.64 Å². The van der Waals surface area contributed by atoms with Crippen molar-refractivity contribution in [2.45, 2.75) is 38.5 Å². The Balaban J connectivity index is 1.91. The van der Waals surface area contributed by atoms with E-state index in [-0.39, 0.29) is 5.92 Å². The van der Waals surface area contributed by atoms with Crippen LogP contribution in [0.1, 0.15) is 37.9 Å². The van der Waals surface area contributed by atoms with E-state index in [4.69, 9.17) is 4.74 Å². The second-order valence-electron chi connectivity index (χ2n) is 6.06. The van der Waals surface area contributed by atoms with Gasteiger partial charge in [0.15, 0.2) is 0 Å². The molecular weight excluding hydrogens is 285 g/mol. The van der Waals surface area contributed by atoms with Crippen molar-refractivity contribution in [1.29, 1.82) is 0 Å². The van der Waals surface area contributed by atoms with Gasteiger partial charge in [-0.3, -0.25) is 4.98 Å². The molecule has 1 aromatic heterocycles. The van der Waals surface area contributed by atoms with Crippen molar-refractivity contribution in [1.82, 2.24) is 9.88 Å². The zero-order valence-electron chi connectivity index (χ0n) is 12.1. The van der Waals surface area contributed by atoms with E-state index in [0.29, 0.717) is 18.7 Å². The lowest BCUT2D eigenvalue weighted by molar-refractivity contribution is -0.141. The minimum absolute atomic E-state index is 0.00676. The highest BCUT2D eigenvalue weighted by atomic mass is 19.4. The number of aromatic nitrogens is 1. The molecule has 4 nitrogen and oxygen atoms in total. The third kappa shape index (κ3) is 3.86. The Hall–Kier alpha value is -1.79. The second-order valence-corrected chi connectivity index (χ2v) is 6.06. The van der Waals surface area contributed by atoms with E-state index >= 15 is 0 Å². The predicted molar refractivity (Wildman–Crippen MR) is 69.8 cm³/mol. The quantitative estimate of drug-likeness (QED) is 0.798. The molecule has 0 bridgehead atoms. The number of carbonyl (C=O) groups is 1. The first kappa shape index (κ1) is 15.6. The number of ether oxygens (including phenoxy) is 1. The van der Waals surface area contributed by atoms with Crippen LogP contribution in [0.25, 0.3) is 0 Å². The Morgan fingerprint density at radius 2 is 1.90 bits per heavy atom. The molecule has 1 fully saturated rings. The summed E-state index contributed by atoms with van der Waals surface area (Å²) in [5, 5.41) is 0. The molecule has 0 aromatic carbocycles. The van der Waals surface area contributed by atoms with Gasteiger partial charge in [0, 0.05) is 25.2 Å². The number of hydrogen-bond acceptors (Lipinski definition) is 3. The van der Waals surface area contributed by atoms with Crippen LogP contribution < -0.4 is 0 Å². The number of amides is 1. The van der Waals surface area contributed by atoms with Gasteiger partial charge in [-0.1, -0.05) is 6.07 Å². The fourth-order valence-electron chi connectivity index (χ4n) is 1.98.